The normalized spacial score (nSPS) is 11.1. The minimum atomic E-state index is -0.244. The molecule has 2 aromatic rings. The van der Waals surface area contributed by atoms with Crippen molar-refractivity contribution in [2.75, 3.05) is 10.6 Å². The first kappa shape index (κ1) is 15.9. The Bertz CT molecular complexity index is 672. The van der Waals surface area contributed by atoms with E-state index in [0.29, 0.717) is 11.6 Å². The van der Waals surface area contributed by atoms with Gasteiger partial charge in [0.25, 0.3) is 5.91 Å². The van der Waals surface area contributed by atoms with E-state index >= 15 is 0 Å². The van der Waals surface area contributed by atoms with E-state index in [1.54, 1.807) is 6.07 Å². The third-order valence-corrected chi connectivity index (χ3v) is 2.88. The minimum absolute atomic E-state index is 0.168. The summed E-state index contributed by atoms with van der Waals surface area (Å²) in [6, 6.07) is 9.32. The van der Waals surface area contributed by atoms with Crippen molar-refractivity contribution in [2.24, 2.45) is 0 Å². The number of amides is 1. The Labute approximate surface area is 131 Å². The number of carbonyl (C=O) groups excluding carboxylic acids is 1. The fourth-order valence-electron chi connectivity index (χ4n) is 1.91. The number of hydrogen-bond acceptors (Lipinski definition) is 4. The molecule has 0 saturated carbocycles. The van der Waals surface area contributed by atoms with Gasteiger partial charge in [-0.3, -0.25) is 4.79 Å². The van der Waals surface area contributed by atoms with Gasteiger partial charge < -0.3 is 10.6 Å². The van der Waals surface area contributed by atoms with Gasteiger partial charge in [-0.1, -0.05) is 17.7 Å². The largest absolute Gasteiger partial charge is 0.350 e. The molecule has 0 fully saturated rings. The molecule has 5 nitrogen and oxygen atoms in total. The van der Waals surface area contributed by atoms with Crippen molar-refractivity contribution in [3.63, 3.8) is 0 Å². The highest BCUT2D eigenvalue weighted by molar-refractivity contribution is 6.03. The number of benzene rings is 1. The van der Waals surface area contributed by atoms with Crippen LogP contribution in [0.4, 0.5) is 11.6 Å². The molecule has 0 aliphatic carbocycles. The number of nitrogens with one attached hydrogen (secondary N) is 2. The van der Waals surface area contributed by atoms with Crippen molar-refractivity contribution < 1.29 is 4.79 Å². The van der Waals surface area contributed by atoms with Gasteiger partial charge in [-0.05, 0) is 52.8 Å². The minimum Gasteiger partial charge on any atom is -0.350 e. The molecule has 0 spiro atoms. The Hall–Kier alpha value is -2.43. The second-order valence-electron chi connectivity index (χ2n) is 6.41. The molecule has 1 aromatic carbocycles. The SMILES string of the molecule is Cc1ccc(NC(=O)c2cc(C)nc(NC(C)(C)C)n2)cc1. The van der Waals surface area contributed by atoms with Crippen LogP contribution < -0.4 is 10.6 Å². The van der Waals surface area contributed by atoms with Crippen molar-refractivity contribution in [3.8, 4) is 0 Å². The Balaban J connectivity index is 2.20. The van der Waals surface area contributed by atoms with E-state index in [1.807, 2.05) is 58.9 Å². The summed E-state index contributed by atoms with van der Waals surface area (Å²) in [6.45, 7) is 9.90. The van der Waals surface area contributed by atoms with E-state index in [0.717, 1.165) is 16.9 Å². The molecule has 0 saturated heterocycles. The Morgan fingerprint density at radius 2 is 1.68 bits per heavy atom. The highest BCUT2D eigenvalue weighted by Gasteiger charge is 2.15. The van der Waals surface area contributed by atoms with Gasteiger partial charge in [0.05, 0.1) is 0 Å². The van der Waals surface area contributed by atoms with E-state index in [1.165, 1.54) is 0 Å². The molecular formula is C17H22N4O. The van der Waals surface area contributed by atoms with Crippen LogP contribution in [0, 0.1) is 13.8 Å². The summed E-state index contributed by atoms with van der Waals surface area (Å²) in [5.74, 6) is 0.216. The number of rotatable bonds is 3. The molecule has 2 N–H and O–H groups in total. The molecule has 1 amide bonds. The van der Waals surface area contributed by atoms with Crippen LogP contribution in [0.2, 0.25) is 0 Å². The summed E-state index contributed by atoms with van der Waals surface area (Å²) in [4.78, 5) is 21.0. The number of carbonyl (C=O) groups is 1. The van der Waals surface area contributed by atoms with Gasteiger partial charge in [0.1, 0.15) is 5.69 Å². The lowest BCUT2D eigenvalue weighted by Crippen LogP contribution is -2.28. The monoisotopic (exact) mass is 298 g/mol. The maximum absolute atomic E-state index is 12.3. The molecule has 5 heteroatoms. The summed E-state index contributed by atoms with van der Waals surface area (Å²) in [6.07, 6.45) is 0. The fourth-order valence-corrected chi connectivity index (χ4v) is 1.91. The highest BCUT2D eigenvalue weighted by atomic mass is 16.1. The lowest BCUT2D eigenvalue weighted by atomic mass is 10.1. The first-order chi connectivity index (χ1) is 10.2. The van der Waals surface area contributed by atoms with Gasteiger partial charge in [0.15, 0.2) is 0 Å². The van der Waals surface area contributed by atoms with Gasteiger partial charge >= 0.3 is 0 Å². The van der Waals surface area contributed by atoms with Crippen LogP contribution in [0.1, 0.15) is 42.5 Å². The summed E-state index contributed by atoms with van der Waals surface area (Å²) >= 11 is 0. The number of aromatic nitrogens is 2. The van der Waals surface area contributed by atoms with E-state index in [-0.39, 0.29) is 11.4 Å². The molecule has 0 unspecified atom stereocenters. The maximum atomic E-state index is 12.3. The van der Waals surface area contributed by atoms with Gasteiger partial charge in [0, 0.05) is 16.9 Å². The maximum Gasteiger partial charge on any atom is 0.274 e. The number of anilines is 2. The molecule has 1 aromatic heterocycles. The van der Waals surface area contributed by atoms with Crippen LogP contribution in [0.3, 0.4) is 0 Å². The Kier molecular flexibility index (Phi) is 4.45. The van der Waals surface area contributed by atoms with Gasteiger partial charge in [-0.25, -0.2) is 9.97 Å². The number of hydrogen-bond donors (Lipinski definition) is 2. The third kappa shape index (κ3) is 4.55. The zero-order valence-corrected chi connectivity index (χ0v) is 13.7. The summed E-state index contributed by atoms with van der Waals surface area (Å²) in [7, 11) is 0. The van der Waals surface area contributed by atoms with E-state index < -0.39 is 0 Å². The number of nitrogens with zero attached hydrogens (tertiary/aromatic N) is 2. The lowest BCUT2D eigenvalue weighted by molar-refractivity contribution is 0.102. The van der Waals surface area contributed by atoms with Crippen LogP contribution in [0.15, 0.2) is 30.3 Å². The average molecular weight is 298 g/mol. The van der Waals surface area contributed by atoms with Crippen LogP contribution >= 0.6 is 0 Å². The van der Waals surface area contributed by atoms with Gasteiger partial charge in [-0.2, -0.15) is 0 Å². The molecule has 116 valence electrons. The number of aryl methyl sites for hydroxylation is 2. The van der Waals surface area contributed by atoms with E-state index in [2.05, 4.69) is 20.6 Å². The van der Waals surface area contributed by atoms with Crippen molar-refractivity contribution >= 4 is 17.5 Å². The Morgan fingerprint density at radius 1 is 1.05 bits per heavy atom. The molecule has 0 atom stereocenters. The smallest absolute Gasteiger partial charge is 0.274 e. The molecule has 0 radical (unpaired) electrons. The zero-order valence-electron chi connectivity index (χ0n) is 13.7. The second kappa shape index (κ2) is 6.13. The van der Waals surface area contributed by atoms with Crippen LogP contribution in [-0.4, -0.2) is 21.4 Å². The van der Waals surface area contributed by atoms with Gasteiger partial charge in [0.2, 0.25) is 5.95 Å². The molecule has 0 aliphatic rings. The lowest BCUT2D eigenvalue weighted by Gasteiger charge is -2.20. The van der Waals surface area contributed by atoms with Crippen molar-refractivity contribution in [2.45, 2.75) is 40.2 Å². The quantitative estimate of drug-likeness (QED) is 0.909. The standard InChI is InChI=1S/C17H22N4O/c1-11-6-8-13(9-7-11)19-15(22)14-10-12(2)18-16(20-14)21-17(3,4)5/h6-10H,1-5H3,(H,19,22)(H,18,20,21). The second-order valence-corrected chi connectivity index (χ2v) is 6.41. The van der Waals surface area contributed by atoms with Gasteiger partial charge in [-0.15, -0.1) is 0 Å². The first-order valence-corrected chi connectivity index (χ1v) is 7.25. The Morgan fingerprint density at radius 3 is 2.27 bits per heavy atom. The average Bonchev–Trinajstić information content (AvgIpc) is 2.38. The predicted molar refractivity (Wildman–Crippen MR) is 89.3 cm³/mol. The van der Waals surface area contributed by atoms with E-state index in [4.69, 9.17) is 0 Å². The van der Waals surface area contributed by atoms with Crippen LogP contribution in [0.5, 0.6) is 0 Å². The molecule has 22 heavy (non-hydrogen) atoms. The summed E-state index contributed by atoms with van der Waals surface area (Å²) in [5.41, 5.74) is 2.82. The summed E-state index contributed by atoms with van der Waals surface area (Å²) in [5, 5.41) is 6.03. The molecule has 1 heterocycles. The van der Waals surface area contributed by atoms with Crippen LogP contribution in [-0.2, 0) is 0 Å². The summed E-state index contributed by atoms with van der Waals surface area (Å²) < 4.78 is 0. The molecule has 0 aliphatic heterocycles. The van der Waals surface area contributed by atoms with Crippen molar-refractivity contribution in [3.05, 3.63) is 47.3 Å². The predicted octanol–water partition coefficient (Wildman–Crippen LogP) is 3.56. The molecule has 0 bridgehead atoms. The fraction of sp³-hybridized carbons (Fsp3) is 0.353. The van der Waals surface area contributed by atoms with Crippen LogP contribution in [0.25, 0.3) is 0 Å². The highest BCUT2D eigenvalue weighted by Crippen LogP contribution is 2.14. The van der Waals surface area contributed by atoms with E-state index in [9.17, 15) is 4.79 Å². The molecule has 2 rings (SSSR count). The van der Waals surface area contributed by atoms with Crippen molar-refractivity contribution in [1.82, 2.24) is 9.97 Å². The van der Waals surface area contributed by atoms with Crippen molar-refractivity contribution in [1.29, 1.82) is 0 Å². The first-order valence-electron chi connectivity index (χ1n) is 7.25. The zero-order chi connectivity index (χ0) is 16.3. The topological polar surface area (TPSA) is 66.9 Å². The third-order valence-electron chi connectivity index (χ3n) is 2.88. The molecular weight excluding hydrogens is 276 g/mol.